The van der Waals surface area contributed by atoms with Crippen molar-refractivity contribution >= 4 is 11.7 Å². The highest BCUT2D eigenvalue weighted by molar-refractivity contribution is 5.88. The summed E-state index contributed by atoms with van der Waals surface area (Å²) in [7, 11) is 3.04. The van der Waals surface area contributed by atoms with Crippen molar-refractivity contribution in [3.63, 3.8) is 0 Å². The normalized spacial score (nSPS) is 13.8. The van der Waals surface area contributed by atoms with Gasteiger partial charge in [-0.1, -0.05) is 24.3 Å². The number of hydrogen-bond acceptors (Lipinski definition) is 5. The van der Waals surface area contributed by atoms with Gasteiger partial charge < -0.3 is 14.2 Å². The lowest BCUT2D eigenvalue weighted by Crippen LogP contribution is -2.11. The van der Waals surface area contributed by atoms with E-state index in [9.17, 15) is 4.79 Å². The molecule has 5 heteroatoms. The lowest BCUT2D eigenvalue weighted by molar-refractivity contribution is -0.139. The van der Waals surface area contributed by atoms with Crippen molar-refractivity contribution in [3.8, 4) is 5.75 Å². The second kappa shape index (κ2) is 8.90. The maximum absolute atomic E-state index is 11.3. The summed E-state index contributed by atoms with van der Waals surface area (Å²) in [5.41, 5.74) is 2.80. The Morgan fingerprint density at radius 3 is 2.83 bits per heavy atom. The first kappa shape index (κ1) is 17.0. The third-order valence-corrected chi connectivity index (χ3v) is 3.39. The molecule has 0 aromatic heterocycles. The predicted molar refractivity (Wildman–Crippen MR) is 88.6 cm³/mol. The first-order valence-corrected chi connectivity index (χ1v) is 7.40. The molecular weight excluding hydrogens is 294 g/mol. The number of carbonyl (C=O) groups is 1. The number of methoxy groups -OCH3 is 2. The molecule has 1 aliphatic heterocycles. The molecule has 122 valence electrons. The molecule has 1 aliphatic rings. The minimum absolute atomic E-state index is 0.255. The first-order valence-electron chi connectivity index (χ1n) is 7.40. The second-order valence-corrected chi connectivity index (χ2v) is 5.08. The maximum Gasteiger partial charge on any atom is 0.309 e. The van der Waals surface area contributed by atoms with E-state index in [4.69, 9.17) is 9.47 Å². The highest BCUT2D eigenvalue weighted by Crippen LogP contribution is 2.19. The van der Waals surface area contributed by atoms with Gasteiger partial charge in [0, 0.05) is 25.3 Å². The van der Waals surface area contributed by atoms with Crippen LogP contribution in [0.25, 0.3) is 0 Å². The van der Waals surface area contributed by atoms with E-state index in [1.165, 1.54) is 7.11 Å². The van der Waals surface area contributed by atoms with E-state index in [1.54, 1.807) is 13.3 Å². The van der Waals surface area contributed by atoms with E-state index in [0.29, 0.717) is 19.6 Å². The lowest BCUT2D eigenvalue weighted by Gasteiger charge is -2.11. The monoisotopic (exact) mass is 315 g/mol. The summed E-state index contributed by atoms with van der Waals surface area (Å²) in [6.07, 6.45) is 6.40. The van der Waals surface area contributed by atoms with Crippen LogP contribution >= 0.6 is 0 Å². The van der Waals surface area contributed by atoms with E-state index in [1.807, 2.05) is 36.4 Å². The molecule has 0 amide bonds. The zero-order valence-corrected chi connectivity index (χ0v) is 13.5. The van der Waals surface area contributed by atoms with E-state index >= 15 is 0 Å². The van der Waals surface area contributed by atoms with Crippen molar-refractivity contribution in [2.24, 2.45) is 4.99 Å². The van der Waals surface area contributed by atoms with Gasteiger partial charge in [0.25, 0.3) is 0 Å². The van der Waals surface area contributed by atoms with Gasteiger partial charge in [0.05, 0.1) is 25.8 Å². The largest absolute Gasteiger partial charge is 0.487 e. The quantitative estimate of drug-likeness (QED) is 0.726. The van der Waals surface area contributed by atoms with Gasteiger partial charge in [-0.15, -0.1) is 0 Å². The molecule has 1 heterocycles. The van der Waals surface area contributed by atoms with Crippen molar-refractivity contribution in [2.75, 3.05) is 20.8 Å². The molecule has 0 bridgehead atoms. The van der Waals surface area contributed by atoms with Gasteiger partial charge >= 0.3 is 5.97 Å². The minimum atomic E-state index is -0.255. The Kier molecular flexibility index (Phi) is 6.56. The van der Waals surface area contributed by atoms with Gasteiger partial charge in [0.15, 0.2) is 0 Å². The Labute approximate surface area is 136 Å². The van der Waals surface area contributed by atoms with Crippen LogP contribution in [0.3, 0.4) is 0 Å². The van der Waals surface area contributed by atoms with Gasteiger partial charge in [0.2, 0.25) is 0 Å². The van der Waals surface area contributed by atoms with Crippen LogP contribution in [-0.2, 0) is 20.9 Å². The average Bonchev–Trinajstić information content (AvgIpc) is 2.79. The zero-order valence-electron chi connectivity index (χ0n) is 13.5. The number of benzene rings is 1. The number of hydrogen-bond donors (Lipinski definition) is 0. The highest BCUT2D eigenvalue weighted by Gasteiger charge is 2.08. The van der Waals surface area contributed by atoms with E-state index in [-0.39, 0.29) is 12.4 Å². The molecule has 23 heavy (non-hydrogen) atoms. The van der Waals surface area contributed by atoms with Crippen molar-refractivity contribution in [2.45, 2.75) is 19.4 Å². The van der Waals surface area contributed by atoms with Crippen LogP contribution in [-0.4, -0.2) is 32.5 Å². The smallest absolute Gasteiger partial charge is 0.309 e. The molecule has 0 spiro atoms. The van der Waals surface area contributed by atoms with E-state index in [0.717, 1.165) is 22.6 Å². The molecule has 0 atom stereocenters. The Hall–Kier alpha value is -2.40. The maximum atomic E-state index is 11.3. The Balaban J connectivity index is 1.94. The van der Waals surface area contributed by atoms with Crippen LogP contribution < -0.4 is 4.74 Å². The summed E-state index contributed by atoms with van der Waals surface area (Å²) in [5.74, 6) is 0.540. The summed E-state index contributed by atoms with van der Waals surface area (Å²) in [5, 5.41) is 0. The number of aliphatic imine (C=N–C) groups is 1. The molecule has 1 aromatic rings. The molecule has 0 saturated carbocycles. The molecule has 1 aromatic carbocycles. The number of ether oxygens (including phenoxy) is 3. The summed E-state index contributed by atoms with van der Waals surface area (Å²) >= 11 is 0. The van der Waals surface area contributed by atoms with Crippen LogP contribution in [0.15, 0.2) is 53.2 Å². The molecule has 2 rings (SSSR count). The summed E-state index contributed by atoms with van der Waals surface area (Å²) < 4.78 is 15.7. The molecule has 0 aliphatic carbocycles. The van der Waals surface area contributed by atoms with Crippen molar-refractivity contribution in [1.82, 2.24) is 0 Å². The van der Waals surface area contributed by atoms with Crippen LogP contribution in [0.1, 0.15) is 18.4 Å². The molecule has 0 fully saturated rings. The molecule has 0 saturated heterocycles. The summed E-state index contributed by atoms with van der Waals surface area (Å²) in [4.78, 5) is 15.7. The number of allylic oxidation sites excluding steroid dienone is 2. The number of rotatable bonds is 7. The fourth-order valence-corrected chi connectivity index (χ4v) is 2.15. The average molecular weight is 315 g/mol. The highest BCUT2D eigenvalue weighted by atomic mass is 16.5. The Morgan fingerprint density at radius 2 is 2.04 bits per heavy atom. The van der Waals surface area contributed by atoms with Gasteiger partial charge in [0.1, 0.15) is 12.4 Å². The van der Waals surface area contributed by atoms with E-state index in [2.05, 4.69) is 9.73 Å². The van der Waals surface area contributed by atoms with Crippen molar-refractivity contribution in [1.29, 1.82) is 0 Å². The van der Waals surface area contributed by atoms with Gasteiger partial charge in [-0.25, -0.2) is 0 Å². The summed E-state index contributed by atoms with van der Waals surface area (Å²) in [6, 6.07) is 7.77. The minimum Gasteiger partial charge on any atom is -0.487 e. The van der Waals surface area contributed by atoms with Crippen LogP contribution in [0.4, 0.5) is 0 Å². The number of nitrogens with zero attached hydrogens (tertiary/aromatic N) is 1. The first-order chi connectivity index (χ1) is 11.2. The fraction of sp³-hybridized carbons (Fsp3) is 0.333. The molecule has 0 radical (unpaired) electrons. The summed E-state index contributed by atoms with van der Waals surface area (Å²) in [6.45, 7) is 0.902. The van der Waals surface area contributed by atoms with Crippen LogP contribution in [0, 0.1) is 0 Å². The number of esters is 1. The van der Waals surface area contributed by atoms with Gasteiger partial charge in [-0.3, -0.25) is 9.79 Å². The standard InChI is InChI=1S/C18H21NO4/c1-21-12-15-5-3-4-6-17(15)23-13-16-8-7-14(9-10-19-16)11-18(20)22-2/h3-7,9-10H,8,11-13H2,1-2H3. The van der Waals surface area contributed by atoms with E-state index < -0.39 is 0 Å². The topological polar surface area (TPSA) is 57.1 Å². The predicted octanol–water partition coefficient (Wildman–Crippen LogP) is 3.06. The third kappa shape index (κ3) is 5.38. The zero-order chi connectivity index (χ0) is 16.5. The molecule has 5 nitrogen and oxygen atoms in total. The molecule has 0 unspecified atom stereocenters. The SMILES string of the molecule is COCc1ccccc1OCC1=NC=CC(CC(=O)OC)=CC1. The fourth-order valence-electron chi connectivity index (χ4n) is 2.15. The van der Waals surface area contributed by atoms with Gasteiger partial charge in [-0.2, -0.15) is 0 Å². The van der Waals surface area contributed by atoms with Crippen molar-refractivity contribution < 1.29 is 19.0 Å². The van der Waals surface area contributed by atoms with Crippen LogP contribution in [0.5, 0.6) is 5.75 Å². The third-order valence-electron chi connectivity index (χ3n) is 3.39. The molecule has 0 N–H and O–H groups in total. The second-order valence-electron chi connectivity index (χ2n) is 5.08. The number of para-hydroxylation sites is 1. The number of carbonyl (C=O) groups excluding carboxylic acids is 1. The van der Waals surface area contributed by atoms with Crippen LogP contribution in [0.2, 0.25) is 0 Å². The lowest BCUT2D eigenvalue weighted by atomic mass is 10.1. The van der Waals surface area contributed by atoms with Crippen molar-refractivity contribution in [3.05, 3.63) is 53.8 Å². The Bertz CT molecular complexity index is 632. The molecular formula is C18H21NO4. The Morgan fingerprint density at radius 1 is 1.22 bits per heavy atom. The van der Waals surface area contributed by atoms with Gasteiger partial charge in [-0.05, 0) is 17.7 Å².